The number of para-hydroxylation sites is 3. The first kappa shape index (κ1) is 17.8. The van der Waals surface area contributed by atoms with Crippen molar-refractivity contribution in [3.8, 4) is 17.6 Å². The first-order valence-electron chi connectivity index (χ1n) is 7.80. The molecule has 0 aliphatic heterocycles. The number of fused-ring (bicyclic) bond motifs is 1. The molecule has 2 aromatic carbocycles. The zero-order chi connectivity index (χ0) is 18.2. The number of carbonyl (C=O) groups excluding carboxylic acids is 1. The Morgan fingerprint density at radius 1 is 1.19 bits per heavy atom. The van der Waals surface area contributed by atoms with Crippen LogP contribution >= 0.6 is 11.8 Å². The average molecular weight is 370 g/mol. The number of ether oxygens (including phenoxy) is 1. The van der Waals surface area contributed by atoms with Crippen LogP contribution < -0.4 is 10.1 Å². The molecule has 26 heavy (non-hydrogen) atoms. The molecule has 3 rings (SSSR count). The van der Waals surface area contributed by atoms with Gasteiger partial charge in [-0.3, -0.25) is 4.79 Å². The van der Waals surface area contributed by atoms with Crippen LogP contribution in [0.15, 0.2) is 58.2 Å². The smallest absolute Gasteiger partial charge is 0.257 e. The lowest BCUT2D eigenvalue weighted by Gasteiger charge is -2.02. The lowest BCUT2D eigenvalue weighted by Crippen LogP contribution is -2.25. The van der Waals surface area contributed by atoms with Crippen LogP contribution in [-0.4, -0.2) is 29.8 Å². The number of oxazole rings is 1. The summed E-state index contributed by atoms with van der Waals surface area (Å²) in [6, 6.07) is 13.5. The molecule has 5 nitrogen and oxygen atoms in total. The van der Waals surface area contributed by atoms with Gasteiger partial charge in [-0.15, -0.1) is 0 Å². The quantitative estimate of drug-likeness (QED) is 0.533. The summed E-state index contributed by atoms with van der Waals surface area (Å²) in [6.45, 7) is 0.238. The number of carbonyl (C=O) groups is 1. The van der Waals surface area contributed by atoms with E-state index in [9.17, 15) is 9.18 Å². The monoisotopic (exact) mass is 370 g/mol. The highest BCUT2D eigenvalue weighted by atomic mass is 32.2. The van der Waals surface area contributed by atoms with E-state index < -0.39 is 5.82 Å². The first-order valence-corrected chi connectivity index (χ1v) is 8.79. The number of halogens is 1. The van der Waals surface area contributed by atoms with Crippen molar-refractivity contribution in [1.82, 2.24) is 10.3 Å². The van der Waals surface area contributed by atoms with Gasteiger partial charge in [0.15, 0.2) is 17.1 Å². The van der Waals surface area contributed by atoms with Gasteiger partial charge in [0.1, 0.15) is 12.1 Å². The SMILES string of the molecule is O=C(CSc1nc2ccccc2o1)NCC#CCOc1ccccc1F. The van der Waals surface area contributed by atoms with E-state index in [4.69, 9.17) is 9.15 Å². The molecule has 7 heteroatoms. The largest absolute Gasteiger partial charge is 0.478 e. The molecule has 1 heterocycles. The Morgan fingerprint density at radius 3 is 2.85 bits per heavy atom. The van der Waals surface area contributed by atoms with Crippen LogP contribution in [-0.2, 0) is 4.79 Å². The van der Waals surface area contributed by atoms with Crippen LogP contribution in [0.4, 0.5) is 4.39 Å². The third kappa shape index (κ3) is 5.01. The summed E-state index contributed by atoms with van der Waals surface area (Å²) < 4.78 is 24.0. The molecule has 0 radical (unpaired) electrons. The maximum atomic E-state index is 13.3. The number of hydrogen-bond donors (Lipinski definition) is 1. The third-order valence-electron chi connectivity index (χ3n) is 3.24. The lowest BCUT2D eigenvalue weighted by atomic mass is 10.3. The van der Waals surface area contributed by atoms with E-state index in [1.165, 1.54) is 23.9 Å². The molecule has 3 aromatic rings. The van der Waals surface area contributed by atoms with Crippen molar-refractivity contribution < 1.29 is 18.3 Å². The summed E-state index contributed by atoms with van der Waals surface area (Å²) in [6.07, 6.45) is 0. The van der Waals surface area contributed by atoms with Crippen LogP contribution in [0.2, 0.25) is 0 Å². The molecule has 0 fully saturated rings. The molecule has 0 aliphatic rings. The predicted octanol–water partition coefficient (Wildman–Crippen LogP) is 3.26. The molecule has 1 amide bonds. The van der Waals surface area contributed by atoms with Crippen molar-refractivity contribution in [1.29, 1.82) is 0 Å². The topological polar surface area (TPSA) is 64.4 Å². The summed E-state index contributed by atoms with van der Waals surface area (Å²) in [5.74, 6) is 5.19. The van der Waals surface area contributed by atoms with Crippen molar-refractivity contribution >= 4 is 28.8 Å². The molecule has 0 unspecified atom stereocenters. The highest BCUT2D eigenvalue weighted by Gasteiger charge is 2.08. The van der Waals surface area contributed by atoms with Gasteiger partial charge in [0.2, 0.25) is 5.91 Å². The van der Waals surface area contributed by atoms with Gasteiger partial charge in [0, 0.05) is 0 Å². The predicted molar refractivity (Wildman–Crippen MR) is 97.4 cm³/mol. The standard InChI is InChI=1S/C19H15FN2O3S/c20-14-7-1-3-9-16(14)24-12-6-5-11-21-18(23)13-26-19-22-15-8-2-4-10-17(15)25-19/h1-4,7-10H,11-13H2,(H,21,23). The Balaban J connectivity index is 1.36. The maximum Gasteiger partial charge on any atom is 0.257 e. The van der Waals surface area contributed by atoms with Crippen LogP contribution in [0, 0.1) is 17.7 Å². The van der Waals surface area contributed by atoms with Crippen molar-refractivity contribution in [2.24, 2.45) is 0 Å². The molecule has 0 bridgehead atoms. The van der Waals surface area contributed by atoms with Crippen LogP contribution in [0.25, 0.3) is 11.1 Å². The lowest BCUT2D eigenvalue weighted by molar-refractivity contribution is -0.118. The number of amides is 1. The molecule has 0 spiro atoms. The van der Waals surface area contributed by atoms with E-state index in [-0.39, 0.29) is 30.6 Å². The van der Waals surface area contributed by atoms with Gasteiger partial charge in [0.25, 0.3) is 5.22 Å². The molecule has 0 atom stereocenters. The van der Waals surface area contributed by atoms with Gasteiger partial charge in [-0.05, 0) is 24.3 Å². The van der Waals surface area contributed by atoms with Gasteiger partial charge < -0.3 is 14.5 Å². The highest BCUT2D eigenvalue weighted by molar-refractivity contribution is 7.99. The third-order valence-corrected chi connectivity index (χ3v) is 4.06. The average Bonchev–Trinajstić information content (AvgIpc) is 3.07. The van der Waals surface area contributed by atoms with Crippen LogP contribution in [0.3, 0.4) is 0 Å². The van der Waals surface area contributed by atoms with Gasteiger partial charge in [-0.2, -0.15) is 0 Å². The van der Waals surface area contributed by atoms with E-state index >= 15 is 0 Å². The minimum atomic E-state index is -0.432. The summed E-state index contributed by atoms with van der Waals surface area (Å²) in [5, 5.41) is 3.11. The number of hydrogen-bond acceptors (Lipinski definition) is 5. The second-order valence-corrected chi connectivity index (χ2v) is 6.01. The summed E-state index contributed by atoms with van der Waals surface area (Å²) >= 11 is 1.22. The fourth-order valence-electron chi connectivity index (χ4n) is 2.02. The number of rotatable bonds is 6. The highest BCUT2D eigenvalue weighted by Crippen LogP contribution is 2.22. The van der Waals surface area contributed by atoms with Crippen molar-refractivity contribution in [3.63, 3.8) is 0 Å². The van der Waals surface area contributed by atoms with E-state index in [0.29, 0.717) is 10.8 Å². The molecular weight excluding hydrogens is 355 g/mol. The Kier molecular flexibility index (Phi) is 6.12. The fourth-order valence-corrected chi connectivity index (χ4v) is 2.69. The molecule has 0 saturated heterocycles. The molecular formula is C19H15FN2O3S. The van der Waals surface area contributed by atoms with Gasteiger partial charge >= 0.3 is 0 Å². The van der Waals surface area contributed by atoms with Crippen molar-refractivity contribution in [2.75, 3.05) is 18.9 Å². The fraction of sp³-hybridized carbons (Fsp3) is 0.158. The molecule has 1 N–H and O–H groups in total. The van der Waals surface area contributed by atoms with E-state index in [0.717, 1.165) is 5.52 Å². The van der Waals surface area contributed by atoms with Crippen molar-refractivity contribution in [2.45, 2.75) is 5.22 Å². The normalized spacial score (nSPS) is 10.2. The molecule has 0 aliphatic carbocycles. The van der Waals surface area contributed by atoms with Gasteiger partial charge in [-0.25, -0.2) is 9.37 Å². The van der Waals surface area contributed by atoms with Crippen molar-refractivity contribution in [3.05, 3.63) is 54.3 Å². The molecule has 0 saturated carbocycles. The second kappa shape index (κ2) is 8.92. The minimum absolute atomic E-state index is 0.0501. The summed E-state index contributed by atoms with van der Waals surface area (Å²) in [4.78, 5) is 16.1. The summed E-state index contributed by atoms with van der Waals surface area (Å²) in [5.41, 5.74) is 1.45. The Labute approximate surface area is 153 Å². The number of nitrogens with zero attached hydrogens (tertiary/aromatic N) is 1. The zero-order valence-corrected chi connectivity index (χ0v) is 14.5. The van der Waals surface area contributed by atoms with E-state index in [1.54, 1.807) is 12.1 Å². The maximum absolute atomic E-state index is 13.3. The molecule has 132 valence electrons. The number of nitrogens with one attached hydrogen (secondary N) is 1. The second-order valence-electron chi connectivity index (χ2n) is 5.09. The van der Waals surface area contributed by atoms with Crippen LogP contribution in [0.5, 0.6) is 5.75 Å². The minimum Gasteiger partial charge on any atom is -0.478 e. The number of benzene rings is 2. The number of aromatic nitrogens is 1. The van der Waals surface area contributed by atoms with E-state index in [1.807, 2.05) is 24.3 Å². The van der Waals surface area contributed by atoms with Crippen LogP contribution in [0.1, 0.15) is 0 Å². The molecule has 1 aromatic heterocycles. The number of thioether (sulfide) groups is 1. The van der Waals surface area contributed by atoms with Gasteiger partial charge in [-0.1, -0.05) is 47.9 Å². The zero-order valence-electron chi connectivity index (χ0n) is 13.7. The first-order chi connectivity index (χ1) is 12.7. The van der Waals surface area contributed by atoms with E-state index in [2.05, 4.69) is 22.1 Å². The Morgan fingerprint density at radius 2 is 2.00 bits per heavy atom. The Bertz CT molecular complexity index is 929. The summed E-state index contributed by atoms with van der Waals surface area (Å²) in [7, 11) is 0. The van der Waals surface area contributed by atoms with Gasteiger partial charge in [0.05, 0.1) is 12.3 Å². The Hall–Kier alpha value is -2.98.